The molecule has 0 radical (unpaired) electrons. The number of aliphatic hydroxyl groups is 1. The molecular formula is C13H18ClNO. The van der Waals surface area contributed by atoms with Crippen molar-refractivity contribution in [3.05, 3.63) is 28.8 Å². The van der Waals surface area contributed by atoms with E-state index in [1.54, 1.807) is 6.92 Å². The van der Waals surface area contributed by atoms with Crippen LogP contribution in [0, 0.1) is 5.92 Å². The third-order valence-electron chi connectivity index (χ3n) is 3.09. The third kappa shape index (κ3) is 2.69. The molecule has 1 saturated carbocycles. The summed E-state index contributed by atoms with van der Waals surface area (Å²) in [5.41, 5.74) is 1.92. The molecule has 0 amide bonds. The topological polar surface area (TPSA) is 23.5 Å². The number of aliphatic hydroxyl groups excluding tert-OH is 1. The average molecular weight is 240 g/mol. The number of benzene rings is 1. The number of anilines is 1. The molecule has 0 heterocycles. The SMILES string of the molecule is C[C@H](O)c1ccc(N(C)CC2CC2)c(Cl)c1. The van der Waals surface area contributed by atoms with Crippen LogP contribution in [0.2, 0.25) is 5.02 Å². The van der Waals surface area contributed by atoms with Crippen molar-refractivity contribution in [1.29, 1.82) is 0 Å². The third-order valence-corrected chi connectivity index (χ3v) is 3.40. The number of hydrogen-bond donors (Lipinski definition) is 1. The zero-order valence-corrected chi connectivity index (χ0v) is 10.5. The Morgan fingerprint density at radius 3 is 2.69 bits per heavy atom. The van der Waals surface area contributed by atoms with Crippen molar-refractivity contribution < 1.29 is 5.11 Å². The smallest absolute Gasteiger partial charge is 0.0762 e. The summed E-state index contributed by atoms with van der Waals surface area (Å²) >= 11 is 6.22. The summed E-state index contributed by atoms with van der Waals surface area (Å²) in [6, 6.07) is 5.78. The van der Waals surface area contributed by atoms with Gasteiger partial charge >= 0.3 is 0 Å². The van der Waals surface area contributed by atoms with Crippen molar-refractivity contribution in [2.45, 2.75) is 25.9 Å². The fourth-order valence-corrected chi connectivity index (χ4v) is 2.21. The average Bonchev–Trinajstić information content (AvgIpc) is 3.01. The first-order valence-electron chi connectivity index (χ1n) is 5.76. The van der Waals surface area contributed by atoms with Crippen molar-refractivity contribution in [2.75, 3.05) is 18.5 Å². The highest BCUT2D eigenvalue weighted by Crippen LogP contribution is 2.33. The molecule has 1 atom stereocenters. The summed E-state index contributed by atoms with van der Waals surface area (Å²) in [4.78, 5) is 2.20. The maximum Gasteiger partial charge on any atom is 0.0762 e. The highest BCUT2D eigenvalue weighted by atomic mass is 35.5. The van der Waals surface area contributed by atoms with Gasteiger partial charge in [0.2, 0.25) is 0 Å². The lowest BCUT2D eigenvalue weighted by molar-refractivity contribution is 0.199. The van der Waals surface area contributed by atoms with Crippen LogP contribution in [-0.2, 0) is 0 Å². The van der Waals surface area contributed by atoms with Crippen LogP contribution in [0.3, 0.4) is 0 Å². The van der Waals surface area contributed by atoms with E-state index in [1.165, 1.54) is 12.8 Å². The Kier molecular flexibility index (Phi) is 3.41. The van der Waals surface area contributed by atoms with Gasteiger partial charge in [-0.15, -0.1) is 0 Å². The van der Waals surface area contributed by atoms with Crippen LogP contribution in [0.1, 0.15) is 31.4 Å². The number of halogens is 1. The summed E-state index contributed by atoms with van der Waals surface area (Å²) in [6.07, 6.45) is 2.22. The van der Waals surface area contributed by atoms with Gasteiger partial charge in [-0.25, -0.2) is 0 Å². The molecule has 3 heteroatoms. The van der Waals surface area contributed by atoms with Gasteiger partial charge in [-0.3, -0.25) is 0 Å². The van der Waals surface area contributed by atoms with Crippen LogP contribution in [0.4, 0.5) is 5.69 Å². The minimum Gasteiger partial charge on any atom is -0.389 e. The first-order valence-corrected chi connectivity index (χ1v) is 6.14. The maximum atomic E-state index is 9.46. The molecule has 0 bridgehead atoms. The Labute approximate surface area is 102 Å². The number of nitrogens with zero attached hydrogens (tertiary/aromatic N) is 1. The Morgan fingerprint density at radius 1 is 1.50 bits per heavy atom. The first kappa shape index (κ1) is 11.7. The molecule has 0 unspecified atom stereocenters. The van der Waals surface area contributed by atoms with Gasteiger partial charge in [0.1, 0.15) is 0 Å². The van der Waals surface area contributed by atoms with Crippen LogP contribution in [-0.4, -0.2) is 18.7 Å². The van der Waals surface area contributed by atoms with Gasteiger partial charge in [-0.05, 0) is 43.4 Å². The Hall–Kier alpha value is -0.730. The van der Waals surface area contributed by atoms with E-state index in [4.69, 9.17) is 11.6 Å². The number of hydrogen-bond acceptors (Lipinski definition) is 2. The van der Waals surface area contributed by atoms with E-state index in [1.807, 2.05) is 18.2 Å². The standard InChI is InChI=1S/C13H18ClNO/c1-9(16)11-5-6-13(12(14)7-11)15(2)8-10-3-4-10/h5-7,9-10,16H,3-4,8H2,1-2H3/t9-/m0/s1. The molecular weight excluding hydrogens is 222 g/mol. The first-order chi connectivity index (χ1) is 7.58. The number of rotatable bonds is 4. The van der Waals surface area contributed by atoms with E-state index in [0.717, 1.165) is 28.7 Å². The lowest BCUT2D eigenvalue weighted by atomic mass is 10.1. The fourth-order valence-electron chi connectivity index (χ4n) is 1.88. The van der Waals surface area contributed by atoms with Gasteiger partial charge in [-0.2, -0.15) is 0 Å². The van der Waals surface area contributed by atoms with E-state index in [9.17, 15) is 5.11 Å². The van der Waals surface area contributed by atoms with Crippen molar-refractivity contribution >= 4 is 17.3 Å². The largest absolute Gasteiger partial charge is 0.389 e. The molecule has 2 rings (SSSR count). The molecule has 0 aromatic heterocycles. The van der Waals surface area contributed by atoms with Crippen LogP contribution in [0.25, 0.3) is 0 Å². The van der Waals surface area contributed by atoms with E-state index >= 15 is 0 Å². The molecule has 16 heavy (non-hydrogen) atoms. The van der Waals surface area contributed by atoms with E-state index in [-0.39, 0.29) is 0 Å². The normalized spacial score (nSPS) is 17.2. The van der Waals surface area contributed by atoms with Gasteiger partial charge in [-0.1, -0.05) is 17.7 Å². The Morgan fingerprint density at radius 2 is 2.19 bits per heavy atom. The molecule has 1 aromatic carbocycles. The Balaban J connectivity index is 2.14. The van der Waals surface area contributed by atoms with E-state index in [0.29, 0.717) is 0 Å². The fraction of sp³-hybridized carbons (Fsp3) is 0.538. The lowest BCUT2D eigenvalue weighted by Crippen LogP contribution is -2.20. The molecule has 1 aliphatic carbocycles. The molecule has 1 aliphatic rings. The van der Waals surface area contributed by atoms with E-state index < -0.39 is 6.10 Å². The van der Waals surface area contributed by atoms with Gasteiger partial charge in [0, 0.05) is 13.6 Å². The van der Waals surface area contributed by atoms with Crippen molar-refractivity contribution in [1.82, 2.24) is 0 Å². The van der Waals surface area contributed by atoms with Crippen molar-refractivity contribution in [3.8, 4) is 0 Å². The van der Waals surface area contributed by atoms with Gasteiger partial charge in [0.15, 0.2) is 0 Å². The van der Waals surface area contributed by atoms with Gasteiger partial charge in [0.25, 0.3) is 0 Å². The second-order valence-electron chi connectivity index (χ2n) is 4.71. The highest BCUT2D eigenvalue weighted by Gasteiger charge is 2.23. The maximum absolute atomic E-state index is 9.46. The molecule has 1 fully saturated rings. The van der Waals surface area contributed by atoms with Crippen LogP contribution in [0.5, 0.6) is 0 Å². The summed E-state index contributed by atoms with van der Waals surface area (Å²) in [5.74, 6) is 0.845. The summed E-state index contributed by atoms with van der Waals surface area (Å²) in [6.45, 7) is 2.83. The molecule has 88 valence electrons. The molecule has 1 aromatic rings. The molecule has 2 nitrogen and oxygen atoms in total. The second kappa shape index (κ2) is 4.64. The lowest BCUT2D eigenvalue weighted by Gasteiger charge is -2.21. The van der Waals surface area contributed by atoms with Crippen LogP contribution >= 0.6 is 11.6 Å². The quantitative estimate of drug-likeness (QED) is 0.872. The molecule has 0 saturated heterocycles. The zero-order valence-electron chi connectivity index (χ0n) is 9.78. The summed E-state index contributed by atoms with van der Waals surface area (Å²) < 4.78 is 0. The predicted octanol–water partition coefficient (Wildman–Crippen LogP) is 3.24. The highest BCUT2D eigenvalue weighted by molar-refractivity contribution is 6.33. The molecule has 0 aliphatic heterocycles. The van der Waals surface area contributed by atoms with Crippen molar-refractivity contribution in [2.24, 2.45) is 5.92 Å². The van der Waals surface area contributed by atoms with Crippen molar-refractivity contribution in [3.63, 3.8) is 0 Å². The second-order valence-corrected chi connectivity index (χ2v) is 5.12. The minimum absolute atomic E-state index is 0.458. The van der Waals surface area contributed by atoms with Gasteiger partial charge in [0.05, 0.1) is 16.8 Å². The zero-order chi connectivity index (χ0) is 11.7. The van der Waals surface area contributed by atoms with Gasteiger partial charge < -0.3 is 10.0 Å². The monoisotopic (exact) mass is 239 g/mol. The summed E-state index contributed by atoms with van der Waals surface area (Å²) in [7, 11) is 2.07. The van der Waals surface area contributed by atoms with Crippen LogP contribution < -0.4 is 4.90 Å². The van der Waals surface area contributed by atoms with E-state index in [2.05, 4.69) is 11.9 Å². The Bertz CT molecular complexity index is 374. The minimum atomic E-state index is -0.458. The predicted molar refractivity (Wildman–Crippen MR) is 68.1 cm³/mol. The summed E-state index contributed by atoms with van der Waals surface area (Å²) in [5, 5.41) is 10.2. The van der Waals surface area contributed by atoms with Crippen LogP contribution in [0.15, 0.2) is 18.2 Å². The molecule has 1 N–H and O–H groups in total. The molecule has 0 spiro atoms.